The molecule has 1 aliphatic rings. The quantitative estimate of drug-likeness (QED) is 0.373. The highest BCUT2D eigenvalue weighted by Gasteiger charge is 2.42. The van der Waals surface area contributed by atoms with Gasteiger partial charge in [0, 0.05) is 29.4 Å². The van der Waals surface area contributed by atoms with Crippen molar-refractivity contribution in [3.05, 3.63) is 73.7 Å². The zero-order valence-electron chi connectivity index (χ0n) is 19.2. The number of halogens is 4. The van der Waals surface area contributed by atoms with Crippen molar-refractivity contribution in [2.24, 2.45) is 0 Å². The van der Waals surface area contributed by atoms with Gasteiger partial charge in [-0.2, -0.15) is 13.2 Å². The number of hydrogen-bond acceptors (Lipinski definition) is 7. The summed E-state index contributed by atoms with van der Waals surface area (Å²) in [6, 6.07) is 9.77. The number of carbonyl (C=O) groups is 1. The maximum atomic E-state index is 13.7. The molecule has 0 radical (unpaired) electrons. The van der Waals surface area contributed by atoms with E-state index in [0.717, 1.165) is 10.5 Å². The van der Waals surface area contributed by atoms with Crippen molar-refractivity contribution in [3.63, 3.8) is 0 Å². The maximum Gasteiger partial charge on any atom is 0.435 e. The van der Waals surface area contributed by atoms with Gasteiger partial charge >= 0.3 is 6.18 Å². The number of aromatic nitrogens is 3. The molecule has 37 heavy (non-hydrogen) atoms. The second-order valence-electron chi connectivity index (χ2n) is 8.69. The van der Waals surface area contributed by atoms with E-state index >= 15 is 0 Å². The average Bonchev–Trinajstić information content (AvgIpc) is 3.27. The van der Waals surface area contributed by atoms with E-state index in [0.29, 0.717) is 22.2 Å². The van der Waals surface area contributed by atoms with Gasteiger partial charge in [0.15, 0.2) is 5.69 Å². The number of nitrogens with zero attached hydrogens (tertiary/aromatic N) is 4. The Hall–Kier alpha value is -3.48. The second kappa shape index (κ2) is 9.12. The van der Waals surface area contributed by atoms with E-state index in [1.54, 1.807) is 31.2 Å². The molecule has 0 aliphatic carbocycles. The Kier molecular flexibility index (Phi) is 6.21. The van der Waals surface area contributed by atoms with E-state index < -0.39 is 28.8 Å². The summed E-state index contributed by atoms with van der Waals surface area (Å²) < 4.78 is 42.7. The molecule has 1 saturated heterocycles. The topological polar surface area (TPSA) is 114 Å². The standard InChI is InChI=1S/C24H19ClF3N5O3S/c1-11-30-18-7-15(17(29)6-16(18)22(35)33(11)8-12-2-4-13(25)5-3-12)21-31-20(24(26,27)28)19(37-21)23(36)32-9-14(34)10-32/h2-7,14,34H,8-10,29H2,1H3. The Labute approximate surface area is 216 Å². The lowest BCUT2D eigenvalue weighted by molar-refractivity contribution is -0.141. The van der Waals surface area contributed by atoms with Crippen LogP contribution >= 0.6 is 22.9 Å². The third-order valence-corrected chi connectivity index (χ3v) is 7.37. The first kappa shape index (κ1) is 25.2. The number of likely N-dealkylation sites (tertiary alicyclic amines) is 1. The SMILES string of the molecule is Cc1nc2cc(-c3nc(C(F)(F)F)c(C(=O)N4CC(O)C4)s3)c(N)cc2c(=O)n1Cc1ccc(Cl)cc1. The van der Waals surface area contributed by atoms with E-state index in [1.165, 1.54) is 16.7 Å². The molecule has 0 unspecified atom stereocenters. The fourth-order valence-corrected chi connectivity index (χ4v) is 5.29. The van der Waals surface area contributed by atoms with E-state index in [9.17, 15) is 27.9 Å². The van der Waals surface area contributed by atoms with Gasteiger partial charge in [-0.05, 0) is 36.8 Å². The van der Waals surface area contributed by atoms with Crippen LogP contribution in [0.15, 0.2) is 41.2 Å². The Balaban J connectivity index is 1.58. The monoisotopic (exact) mass is 549 g/mol. The molecule has 1 fully saturated rings. The molecule has 0 spiro atoms. The van der Waals surface area contributed by atoms with Gasteiger partial charge in [0.1, 0.15) is 15.7 Å². The number of thiazole rings is 1. The summed E-state index contributed by atoms with van der Waals surface area (Å²) in [7, 11) is 0. The highest BCUT2D eigenvalue weighted by atomic mass is 35.5. The lowest BCUT2D eigenvalue weighted by Crippen LogP contribution is -2.53. The van der Waals surface area contributed by atoms with Gasteiger partial charge in [-0.3, -0.25) is 14.2 Å². The van der Waals surface area contributed by atoms with Crippen molar-refractivity contribution >= 4 is 45.4 Å². The van der Waals surface area contributed by atoms with Gasteiger partial charge in [0.2, 0.25) is 0 Å². The van der Waals surface area contributed by atoms with Gasteiger partial charge in [-0.15, -0.1) is 11.3 Å². The molecule has 0 saturated carbocycles. The van der Waals surface area contributed by atoms with E-state index in [1.807, 2.05) is 0 Å². The normalized spacial score (nSPS) is 14.3. The van der Waals surface area contributed by atoms with Crippen molar-refractivity contribution in [3.8, 4) is 10.6 Å². The van der Waals surface area contributed by atoms with E-state index in [2.05, 4.69) is 9.97 Å². The van der Waals surface area contributed by atoms with Crippen LogP contribution in [0.3, 0.4) is 0 Å². The highest BCUT2D eigenvalue weighted by molar-refractivity contribution is 7.17. The zero-order valence-corrected chi connectivity index (χ0v) is 20.8. The summed E-state index contributed by atoms with van der Waals surface area (Å²) in [5, 5.41) is 10.1. The van der Waals surface area contributed by atoms with E-state index in [4.69, 9.17) is 17.3 Å². The first-order chi connectivity index (χ1) is 17.4. The minimum Gasteiger partial charge on any atom is -0.398 e. The van der Waals surface area contributed by atoms with Crippen LogP contribution in [0.1, 0.15) is 26.8 Å². The Morgan fingerprint density at radius 2 is 1.89 bits per heavy atom. The number of fused-ring (bicyclic) bond motifs is 1. The summed E-state index contributed by atoms with van der Waals surface area (Å²) >= 11 is 6.49. The minimum absolute atomic E-state index is 0.0224. The summed E-state index contributed by atoms with van der Waals surface area (Å²) in [5.41, 5.74) is 5.71. The maximum absolute atomic E-state index is 13.7. The average molecular weight is 550 g/mol. The van der Waals surface area contributed by atoms with E-state index in [-0.39, 0.29) is 52.4 Å². The largest absolute Gasteiger partial charge is 0.435 e. The molecule has 3 N–H and O–H groups in total. The number of anilines is 1. The van der Waals surface area contributed by atoms with Gasteiger partial charge in [0.05, 0.1) is 23.6 Å². The Morgan fingerprint density at radius 3 is 2.51 bits per heavy atom. The van der Waals surface area contributed by atoms with Crippen LogP contribution in [-0.2, 0) is 12.7 Å². The molecule has 192 valence electrons. The van der Waals surface area contributed by atoms with Gasteiger partial charge < -0.3 is 15.7 Å². The van der Waals surface area contributed by atoms with Crippen molar-refractivity contribution in [2.75, 3.05) is 18.8 Å². The number of aliphatic hydroxyl groups excluding tert-OH is 1. The van der Waals surface area contributed by atoms with Crippen molar-refractivity contribution in [1.29, 1.82) is 0 Å². The summed E-state index contributed by atoms with van der Waals surface area (Å²) in [6.45, 7) is 1.79. The number of carbonyl (C=O) groups excluding carboxylic acids is 1. The molecule has 13 heteroatoms. The van der Waals surface area contributed by atoms with Crippen LogP contribution in [0.4, 0.5) is 18.9 Å². The second-order valence-corrected chi connectivity index (χ2v) is 10.1. The molecule has 5 rings (SSSR count). The molecule has 1 aliphatic heterocycles. The molecular weight excluding hydrogens is 531 g/mol. The number of aliphatic hydroxyl groups is 1. The van der Waals surface area contributed by atoms with Crippen LogP contribution < -0.4 is 11.3 Å². The summed E-state index contributed by atoms with van der Waals surface area (Å²) in [4.78, 5) is 34.6. The highest BCUT2D eigenvalue weighted by Crippen LogP contribution is 2.40. The lowest BCUT2D eigenvalue weighted by Gasteiger charge is -2.35. The van der Waals surface area contributed by atoms with Crippen LogP contribution in [0.5, 0.6) is 0 Å². The first-order valence-corrected chi connectivity index (χ1v) is 12.2. The first-order valence-electron chi connectivity index (χ1n) is 11.0. The molecule has 2 aromatic carbocycles. The van der Waals surface area contributed by atoms with Crippen molar-refractivity contribution in [2.45, 2.75) is 25.7 Å². The van der Waals surface area contributed by atoms with Crippen LogP contribution in [0.25, 0.3) is 21.5 Å². The summed E-state index contributed by atoms with van der Waals surface area (Å²) in [6.07, 6.45) is -5.64. The van der Waals surface area contributed by atoms with Crippen LogP contribution in [0.2, 0.25) is 5.02 Å². The lowest BCUT2D eigenvalue weighted by atomic mass is 10.1. The predicted molar refractivity (Wildman–Crippen MR) is 134 cm³/mol. The summed E-state index contributed by atoms with van der Waals surface area (Å²) in [5.74, 6) is -0.467. The number of rotatable bonds is 4. The predicted octanol–water partition coefficient (Wildman–Crippen LogP) is 3.95. The Bertz CT molecular complexity index is 1590. The number of amides is 1. The number of alkyl halides is 3. The molecule has 8 nitrogen and oxygen atoms in total. The Morgan fingerprint density at radius 1 is 1.22 bits per heavy atom. The van der Waals surface area contributed by atoms with Gasteiger partial charge in [-0.25, -0.2) is 9.97 Å². The van der Waals surface area contributed by atoms with Crippen molar-refractivity contribution in [1.82, 2.24) is 19.4 Å². The third-order valence-electron chi connectivity index (χ3n) is 6.04. The number of nitrogen functional groups attached to an aromatic ring is 1. The third kappa shape index (κ3) is 4.67. The molecule has 2 aromatic heterocycles. The molecule has 1 amide bonds. The van der Waals surface area contributed by atoms with Crippen LogP contribution in [-0.4, -0.2) is 49.6 Å². The van der Waals surface area contributed by atoms with Gasteiger partial charge in [-0.1, -0.05) is 23.7 Å². The molecule has 0 atom stereocenters. The fraction of sp³-hybridized carbons (Fsp3) is 0.250. The van der Waals surface area contributed by atoms with Crippen molar-refractivity contribution < 1.29 is 23.1 Å². The number of nitrogens with two attached hydrogens (primary N) is 1. The number of hydrogen-bond donors (Lipinski definition) is 2. The van der Waals surface area contributed by atoms with Gasteiger partial charge in [0.25, 0.3) is 11.5 Å². The number of aryl methyl sites for hydroxylation is 1. The van der Waals surface area contributed by atoms with Crippen LogP contribution in [0, 0.1) is 6.92 Å². The molecule has 4 aromatic rings. The molecular formula is C24H19ClF3N5O3S. The smallest absolute Gasteiger partial charge is 0.398 e. The fourth-order valence-electron chi connectivity index (χ4n) is 4.08. The zero-order chi connectivity index (χ0) is 26.6. The molecule has 3 heterocycles. The minimum atomic E-state index is -4.88. The molecule has 0 bridgehead atoms. The number of β-amino-alcohol motifs (C(OH)–C–C–N with tert-alkyl or cyclic N) is 1. The number of benzene rings is 2.